The Bertz CT molecular complexity index is 150. The molecule has 1 atom stereocenters. The van der Waals surface area contributed by atoms with E-state index in [-0.39, 0.29) is 0 Å². The molecule has 3 heteroatoms. The molecule has 1 aliphatic heterocycles. The van der Waals surface area contributed by atoms with Gasteiger partial charge in [0.25, 0.3) is 0 Å². The molecule has 3 nitrogen and oxygen atoms in total. The van der Waals surface area contributed by atoms with Crippen molar-refractivity contribution in [2.75, 3.05) is 32.8 Å². The van der Waals surface area contributed by atoms with E-state index in [0.29, 0.717) is 18.6 Å². The summed E-state index contributed by atoms with van der Waals surface area (Å²) in [6, 6.07) is 0.532. The zero-order valence-electron chi connectivity index (χ0n) is 9.50. The van der Waals surface area contributed by atoms with Crippen LogP contribution in [-0.2, 0) is 0 Å². The Morgan fingerprint density at radius 3 is 2.93 bits per heavy atom. The average Bonchev–Trinajstić information content (AvgIpc) is 2.32. The second-order valence-electron chi connectivity index (χ2n) is 4.61. The first-order chi connectivity index (χ1) is 6.74. The van der Waals surface area contributed by atoms with E-state index >= 15 is 0 Å². The molecule has 0 aromatic carbocycles. The molecule has 0 saturated carbocycles. The van der Waals surface area contributed by atoms with E-state index in [1.807, 2.05) is 0 Å². The molecule has 0 amide bonds. The van der Waals surface area contributed by atoms with Crippen molar-refractivity contribution in [2.45, 2.75) is 32.7 Å². The Morgan fingerprint density at radius 1 is 1.50 bits per heavy atom. The van der Waals surface area contributed by atoms with Gasteiger partial charge >= 0.3 is 0 Å². The standard InChI is InChI=1S/C11H24N2O/c1-10(2)9-13-6-3-5-12-8-11(13)4-7-14/h10-12,14H,3-9H2,1-2H3. The lowest BCUT2D eigenvalue weighted by molar-refractivity contribution is 0.151. The second kappa shape index (κ2) is 6.38. The Hall–Kier alpha value is -0.120. The van der Waals surface area contributed by atoms with Gasteiger partial charge in [0.15, 0.2) is 0 Å². The van der Waals surface area contributed by atoms with Crippen molar-refractivity contribution in [3.8, 4) is 0 Å². The lowest BCUT2D eigenvalue weighted by atomic mass is 10.1. The maximum absolute atomic E-state index is 9.01. The first-order valence-electron chi connectivity index (χ1n) is 5.79. The molecule has 0 spiro atoms. The van der Waals surface area contributed by atoms with Gasteiger partial charge in [-0.1, -0.05) is 13.8 Å². The summed E-state index contributed by atoms with van der Waals surface area (Å²) < 4.78 is 0. The van der Waals surface area contributed by atoms with Gasteiger partial charge in [-0.25, -0.2) is 0 Å². The predicted octanol–water partition coefficient (Wildman–Crippen LogP) is 0.689. The minimum Gasteiger partial charge on any atom is -0.396 e. The van der Waals surface area contributed by atoms with E-state index in [0.717, 1.165) is 26.1 Å². The maximum atomic E-state index is 9.01. The zero-order valence-corrected chi connectivity index (χ0v) is 9.50. The molecule has 0 aliphatic carbocycles. The third kappa shape index (κ3) is 3.95. The molecule has 1 fully saturated rings. The molecule has 2 N–H and O–H groups in total. The first kappa shape index (κ1) is 12.0. The van der Waals surface area contributed by atoms with Crippen molar-refractivity contribution in [1.29, 1.82) is 0 Å². The van der Waals surface area contributed by atoms with E-state index in [4.69, 9.17) is 5.11 Å². The van der Waals surface area contributed by atoms with Crippen LogP contribution in [0.2, 0.25) is 0 Å². The van der Waals surface area contributed by atoms with Gasteiger partial charge in [-0.15, -0.1) is 0 Å². The smallest absolute Gasteiger partial charge is 0.0446 e. The van der Waals surface area contributed by atoms with Crippen LogP contribution in [0.3, 0.4) is 0 Å². The van der Waals surface area contributed by atoms with Crippen LogP contribution in [0.1, 0.15) is 26.7 Å². The minimum atomic E-state index is 0.306. The molecule has 1 heterocycles. The van der Waals surface area contributed by atoms with Crippen molar-refractivity contribution in [2.24, 2.45) is 5.92 Å². The quantitative estimate of drug-likeness (QED) is 0.701. The molecule has 1 rings (SSSR count). The van der Waals surface area contributed by atoms with Crippen LogP contribution in [0.15, 0.2) is 0 Å². The van der Waals surface area contributed by atoms with Crippen molar-refractivity contribution in [3.63, 3.8) is 0 Å². The van der Waals surface area contributed by atoms with E-state index in [1.165, 1.54) is 13.0 Å². The van der Waals surface area contributed by atoms with Crippen molar-refractivity contribution >= 4 is 0 Å². The SMILES string of the molecule is CC(C)CN1CCCNCC1CCO. The largest absolute Gasteiger partial charge is 0.396 e. The zero-order chi connectivity index (χ0) is 10.4. The lowest BCUT2D eigenvalue weighted by Crippen LogP contribution is -2.42. The molecular weight excluding hydrogens is 176 g/mol. The van der Waals surface area contributed by atoms with Crippen LogP contribution in [-0.4, -0.2) is 48.8 Å². The molecule has 0 aromatic heterocycles. The van der Waals surface area contributed by atoms with Gasteiger partial charge in [0.2, 0.25) is 0 Å². The summed E-state index contributed by atoms with van der Waals surface area (Å²) in [6.45, 7) is 9.32. The second-order valence-corrected chi connectivity index (χ2v) is 4.61. The third-order valence-electron chi connectivity index (χ3n) is 2.76. The van der Waals surface area contributed by atoms with Gasteiger partial charge < -0.3 is 10.4 Å². The fraction of sp³-hybridized carbons (Fsp3) is 1.00. The highest BCUT2D eigenvalue weighted by Crippen LogP contribution is 2.10. The average molecular weight is 200 g/mol. The number of hydrogen-bond acceptors (Lipinski definition) is 3. The van der Waals surface area contributed by atoms with Gasteiger partial charge in [-0.2, -0.15) is 0 Å². The Balaban J connectivity index is 2.45. The van der Waals surface area contributed by atoms with Crippen LogP contribution >= 0.6 is 0 Å². The molecule has 84 valence electrons. The van der Waals surface area contributed by atoms with Crippen LogP contribution in [0.5, 0.6) is 0 Å². The monoisotopic (exact) mass is 200 g/mol. The number of rotatable bonds is 4. The topological polar surface area (TPSA) is 35.5 Å². The Kier molecular flexibility index (Phi) is 5.45. The highest BCUT2D eigenvalue weighted by Gasteiger charge is 2.20. The summed E-state index contributed by atoms with van der Waals surface area (Å²) in [6.07, 6.45) is 2.13. The van der Waals surface area contributed by atoms with Gasteiger partial charge in [-0.3, -0.25) is 4.90 Å². The van der Waals surface area contributed by atoms with Crippen molar-refractivity contribution < 1.29 is 5.11 Å². The van der Waals surface area contributed by atoms with E-state index < -0.39 is 0 Å². The number of aliphatic hydroxyl groups excluding tert-OH is 1. The summed E-state index contributed by atoms with van der Waals surface area (Å²) in [5.74, 6) is 0.717. The number of hydrogen-bond donors (Lipinski definition) is 2. The highest BCUT2D eigenvalue weighted by molar-refractivity contribution is 4.78. The Labute approximate surface area is 87.5 Å². The molecule has 1 saturated heterocycles. The minimum absolute atomic E-state index is 0.306. The van der Waals surface area contributed by atoms with Crippen molar-refractivity contribution in [3.05, 3.63) is 0 Å². The van der Waals surface area contributed by atoms with Gasteiger partial charge in [0.1, 0.15) is 0 Å². The molecule has 0 radical (unpaired) electrons. The molecule has 1 unspecified atom stereocenters. The third-order valence-corrected chi connectivity index (χ3v) is 2.76. The summed E-state index contributed by atoms with van der Waals surface area (Å²) in [5, 5.41) is 12.4. The first-order valence-corrected chi connectivity index (χ1v) is 5.79. The predicted molar refractivity (Wildman–Crippen MR) is 59.4 cm³/mol. The summed E-state index contributed by atoms with van der Waals surface area (Å²) in [4.78, 5) is 2.53. The van der Waals surface area contributed by atoms with E-state index in [9.17, 15) is 0 Å². The molecule has 0 bridgehead atoms. The van der Waals surface area contributed by atoms with Crippen LogP contribution in [0, 0.1) is 5.92 Å². The van der Waals surface area contributed by atoms with Crippen LogP contribution < -0.4 is 5.32 Å². The van der Waals surface area contributed by atoms with E-state index in [1.54, 1.807) is 0 Å². The van der Waals surface area contributed by atoms with Gasteiger partial charge in [0.05, 0.1) is 0 Å². The van der Waals surface area contributed by atoms with Crippen LogP contribution in [0.4, 0.5) is 0 Å². The van der Waals surface area contributed by atoms with Crippen LogP contribution in [0.25, 0.3) is 0 Å². The lowest BCUT2D eigenvalue weighted by Gasteiger charge is -2.30. The normalized spacial score (nSPS) is 25.3. The number of nitrogens with zero attached hydrogens (tertiary/aromatic N) is 1. The summed E-state index contributed by atoms with van der Waals surface area (Å²) in [7, 11) is 0. The highest BCUT2D eigenvalue weighted by atomic mass is 16.3. The maximum Gasteiger partial charge on any atom is 0.0446 e. The molecule has 0 aromatic rings. The fourth-order valence-corrected chi connectivity index (χ4v) is 2.13. The van der Waals surface area contributed by atoms with Gasteiger partial charge in [-0.05, 0) is 31.8 Å². The molecular formula is C11H24N2O. The molecule has 14 heavy (non-hydrogen) atoms. The summed E-state index contributed by atoms with van der Waals surface area (Å²) in [5.41, 5.74) is 0. The molecule has 1 aliphatic rings. The van der Waals surface area contributed by atoms with E-state index in [2.05, 4.69) is 24.1 Å². The fourth-order valence-electron chi connectivity index (χ4n) is 2.13. The summed E-state index contributed by atoms with van der Waals surface area (Å²) >= 11 is 0. The number of nitrogens with one attached hydrogen (secondary N) is 1. The van der Waals surface area contributed by atoms with Crippen molar-refractivity contribution in [1.82, 2.24) is 10.2 Å². The number of aliphatic hydroxyl groups is 1. The van der Waals surface area contributed by atoms with Gasteiger partial charge in [0, 0.05) is 25.7 Å². The Morgan fingerprint density at radius 2 is 2.29 bits per heavy atom.